The molecule has 6 nitrogen and oxygen atoms in total. The molecule has 0 atom stereocenters. The highest BCUT2D eigenvalue weighted by Gasteiger charge is 2.24. The number of carbonyl (C=O) groups excluding carboxylic acids is 2. The van der Waals surface area contributed by atoms with Crippen molar-refractivity contribution >= 4 is 45.0 Å². The van der Waals surface area contributed by atoms with Crippen molar-refractivity contribution in [3.63, 3.8) is 0 Å². The summed E-state index contributed by atoms with van der Waals surface area (Å²) in [6.07, 6.45) is 0. The van der Waals surface area contributed by atoms with Crippen LogP contribution < -0.4 is 10.1 Å². The van der Waals surface area contributed by atoms with E-state index in [-0.39, 0.29) is 18.4 Å². The molecular weight excluding hydrogens is 412 g/mol. The van der Waals surface area contributed by atoms with E-state index in [1.807, 2.05) is 0 Å². The third-order valence-corrected chi connectivity index (χ3v) is 4.75. The molecule has 1 aromatic carbocycles. The zero-order valence-corrected chi connectivity index (χ0v) is 16.6. The van der Waals surface area contributed by atoms with E-state index in [1.54, 1.807) is 39.1 Å². The van der Waals surface area contributed by atoms with Crippen LogP contribution >= 0.6 is 27.5 Å². The summed E-state index contributed by atoms with van der Waals surface area (Å²) in [6.45, 7) is 3.33. The molecule has 2 amide bonds. The van der Waals surface area contributed by atoms with Gasteiger partial charge in [0.25, 0.3) is 5.91 Å². The van der Waals surface area contributed by atoms with E-state index in [9.17, 15) is 9.59 Å². The van der Waals surface area contributed by atoms with Gasteiger partial charge >= 0.3 is 0 Å². The van der Waals surface area contributed by atoms with E-state index in [4.69, 9.17) is 20.8 Å². The molecule has 0 aliphatic carbocycles. The highest BCUT2D eigenvalue weighted by atomic mass is 79.9. The molecule has 1 N–H and O–H groups in total. The topological polar surface area (TPSA) is 71.8 Å². The van der Waals surface area contributed by atoms with Crippen molar-refractivity contribution in [2.75, 3.05) is 26.0 Å². The SMILES string of the molecule is COc1ccc(Cl)cc1NC(=O)CN(C)C(=O)c1c(C)oc(C)c1Br. The molecule has 0 bridgehead atoms. The summed E-state index contributed by atoms with van der Waals surface area (Å²) in [5.41, 5.74) is 0.852. The average molecular weight is 430 g/mol. The van der Waals surface area contributed by atoms with Crippen molar-refractivity contribution in [2.24, 2.45) is 0 Å². The van der Waals surface area contributed by atoms with Gasteiger partial charge in [-0.3, -0.25) is 9.59 Å². The monoisotopic (exact) mass is 428 g/mol. The van der Waals surface area contributed by atoms with Crippen molar-refractivity contribution in [3.05, 3.63) is 44.8 Å². The van der Waals surface area contributed by atoms with Crippen molar-refractivity contribution in [1.29, 1.82) is 0 Å². The largest absolute Gasteiger partial charge is 0.495 e. The zero-order chi connectivity index (χ0) is 18.7. The van der Waals surface area contributed by atoms with Gasteiger partial charge in [-0.1, -0.05) is 11.6 Å². The molecule has 134 valence electrons. The van der Waals surface area contributed by atoms with E-state index in [1.165, 1.54) is 12.0 Å². The normalized spacial score (nSPS) is 10.5. The van der Waals surface area contributed by atoms with E-state index in [2.05, 4.69) is 21.2 Å². The van der Waals surface area contributed by atoms with Crippen LogP contribution in [0.15, 0.2) is 27.1 Å². The number of nitrogens with zero attached hydrogens (tertiary/aromatic N) is 1. The first-order chi connectivity index (χ1) is 11.7. The molecule has 2 aromatic rings. The molecule has 0 aliphatic rings. The van der Waals surface area contributed by atoms with Crippen LogP contribution in [-0.2, 0) is 4.79 Å². The standard InChI is InChI=1S/C17H18BrClN2O4/c1-9-15(16(18)10(2)25-9)17(23)21(3)8-14(22)20-12-7-11(19)5-6-13(12)24-4/h5-7H,8H2,1-4H3,(H,20,22). The summed E-state index contributed by atoms with van der Waals surface area (Å²) < 4.78 is 11.2. The third-order valence-electron chi connectivity index (χ3n) is 3.56. The van der Waals surface area contributed by atoms with Crippen molar-refractivity contribution in [2.45, 2.75) is 13.8 Å². The zero-order valence-electron chi connectivity index (χ0n) is 14.3. The highest BCUT2D eigenvalue weighted by molar-refractivity contribution is 9.10. The number of anilines is 1. The van der Waals surface area contributed by atoms with Crippen LogP contribution in [0.2, 0.25) is 5.02 Å². The Balaban J connectivity index is 2.10. The smallest absolute Gasteiger partial charge is 0.258 e. The first kappa shape index (κ1) is 19.3. The van der Waals surface area contributed by atoms with Crippen LogP contribution in [0.5, 0.6) is 5.75 Å². The van der Waals surface area contributed by atoms with Gasteiger partial charge in [0.15, 0.2) is 0 Å². The Morgan fingerprint density at radius 2 is 2.00 bits per heavy atom. The molecule has 1 heterocycles. The predicted octanol–water partition coefficient (Wildman–Crippen LogP) is 4.03. The number of amides is 2. The van der Waals surface area contributed by atoms with Gasteiger partial charge in [0.2, 0.25) is 5.91 Å². The van der Waals surface area contributed by atoms with Crippen LogP contribution in [-0.4, -0.2) is 37.4 Å². The summed E-state index contributed by atoms with van der Waals surface area (Å²) >= 11 is 9.29. The number of carbonyl (C=O) groups is 2. The minimum Gasteiger partial charge on any atom is -0.495 e. The molecular formula is C17H18BrClN2O4. The van der Waals surface area contributed by atoms with Gasteiger partial charge in [0, 0.05) is 12.1 Å². The first-order valence-corrected chi connectivity index (χ1v) is 8.56. The van der Waals surface area contributed by atoms with Crippen LogP contribution in [0.3, 0.4) is 0 Å². The van der Waals surface area contributed by atoms with Crippen LogP contribution in [0, 0.1) is 13.8 Å². The number of benzene rings is 1. The van der Waals surface area contributed by atoms with Gasteiger partial charge in [-0.05, 0) is 48.0 Å². The molecule has 0 saturated carbocycles. The fourth-order valence-corrected chi connectivity index (χ4v) is 3.05. The Morgan fingerprint density at radius 1 is 1.32 bits per heavy atom. The van der Waals surface area contributed by atoms with Gasteiger partial charge < -0.3 is 19.4 Å². The number of likely N-dealkylation sites (N-methyl/N-ethyl adjacent to an activating group) is 1. The minimum absolute atomic E-state index is 0.134. The molecule has 0 spiro atoms. The second-order valence-electron chi connectivity index (χ2n) is 5.46. The third kappa shape index (κ3) is 4.35. The number of hydrogen-bond acceptors (Lipinski definition) is 4. The number of aryl methyl sites for hydroxylation is 2. The maximum atomic E-state index is 12.6. The van der Waals surface area contributed by atoms with E-state index in [0.29, 0.717) is 38.0 Å². The lowest BCUT2D eigenvalue weighted by molar-refractivity contribution is -0.116. The molecule has 0 radical (unpaired) electrons. The lowest BCUT2D eigenvalue weighted by atomic mass is 10.2. The molecule has 25 heavy (non-hydrogen) atoms. The Morgan fingerprint density at radius 3 is 2.56 bits per heavy atom. The van der Waals surface area contributed by atoms with Crippen LogP contribution in [0.25, 0.3) is 0 Å². The second kappa shape index (κ2) is 7.93. The molecule has 0 fully saturated rings. The maximum absolute atomic E-state index is 12.6. The summed E-state index contributed by atoms with van der Waals surface area (Å²) in [5.74, 6) is 0.913. The number of methoxy groups -OCH3 is 1. The molecule has 2 rings (SSSR count). The number of hydrogen-bond donors (Lipinski definition) is 1. The predicted molar refractivity (Wildman–Crippen MR) is 99.5 cm³/mol. The van der Waals surface area contributed by atoms with Gasteiger partial charge in [-0.2, -0.15) is 0 Å². The Hall–Kier alpha value is -1.99. The quantitative estimate of drug-likeness (QED) is 0.779. The van der Waals surface area contributed by atoms with Crippen LogP contribution in [0.1, 0.15) is 21.9 Å². The number of rotatable bonds is 5. The number of ether oxygens (including phenoxy) is 1. The summed E-state index contributed by atoms with van der Waals surface area (Å²) in [7, 11) is 3.04. The highest BCUT2D eigenvalue weighted by Crippen LogP contribution is 2.29. The lowest BCUT2D eigenvalue weighted by Gasteiger charge is -2.17. The molecule has 0 unspecified atom stereocenters. The van der Waals surface area contributed by atoms with Gasteiger partial charge in [-0.25, -0.2) is 0 Å². The van der Waals surface area contributed by atoms with Crippen LogP contribution in [0.4, 0.5) is 5.69 Å². The summed E-state index contributed by atoms with van der Waals surface area (Å²) in [5, 5.41) is 3.16. The Bertz CT molecular complexity index is 819. The van der Waals surface area contributed by atoms with Crippen molar-refractivity contribution in [3.8, 4) is 5.75 Å². The fourth-order valence-electron chi connectivity index (χ4n) is 2.35. The fraction of sp³-hybridized carbons (Fsp3) is 0.294. The first-order valence-electron chi connectivity index (χ1n) is 7.39. The lowest BCUT2D eigenvalue weighted by Crippen LogP contribution is -2.35. The summed E-state index contributed by atoms with van der Waals surface area (Å²) in [4.78, 5) is 26.2. The molecule has 0 saturated heterocycles. The molecule has 1 aromatic heterocycles. The van der Waals surface area contributed by atoms with E-state index in [0.717, 1.165) is 0 Å². The maximum Gasteiger partial charge on any atom is 0.258 e. The van der Waals surface area contributed by atoms with Gasteiger partial charge in [-0.15, -0.1) is 0 Å². The number of halogens is 2. The number of furan rings is 1. The average Bonchev–Trinajstić information content (AvgIpc) is 2.79. The van der Waals surface area contributed by atoms with Gasteiger partial charge in [0.05, 0.1) is 29.4 Å². The van der Waals surface area contributed by atoms with E-state index >= 15 is 0 Å². The van der Waals surface area contributed by atoms with Gasteiger partial charge in [0.1, 0.15) is 17.3 Å². The van der Waals surface area contributed by atoms with Crippen molar-refractivity contribution in [1.82, 2.24) is 4.90 Å². The van der Waals surface area contributed by atoms with E-state index < -0.39 is 0 Å². The molecule has 8 heteroatoms. The van der Waals surface area contributed by atoms with Crippen molar-refractivity contribution < 1.29 is 18.7 Å². The Kier molecular flexibility index (Phi) is 6.13. The second-order valence-corrected chi connectivity index (χ2v) is 6.69. The minimum atomic E-state index is -0.370. The number of nitrogens with one attached hydrogen (secondary N) is 1. The Labute approximate surface area is 159 Å². The molecule has 0 aliphatic heterocycles. The summed E-state index contributed by atoms with van der Waals surface area (Å²) in [6, 6.07) is 4.90.